The van der Waals surface area contributed by atoms with E-state index in [0.29, 0.717) is 5.56 Å². The predicted molar refractivity (Wildman–Crippen MR) is 63.9 cm³/mol. The number of nitriles is 1. The second kappa shape index (κ2) is 9.28. The molecule has 2 rings (SSSR count). The van der Waals surface area contributed by atoms with E-state index in [1.165, 1.54) is 0 Å². The zero-order chi connectivity index (χ0) is 11.5. The summed E-state index contributed by atoms with van der Waals surface area (Å²) in [6, 6.07) is 14.1. The van der Waals surface area contributed by atoms with Crippen molar-refractivity contribution in [2.75, 3.05) is 0 Å². The zero-order valence-electron chi connectivity index (χ0n) is 10.4. The van der Waals surface area contributed by atoms with E-state index in [2.05, 4.69) is 11.1 Å². The summed E-state index contributed by atoms with van der Waals surface area (Å²) in [7, 11) is 0. The maximum absolute atomic E-state index is 8.97. The summed E-state index contributed by atoms with van der Waals surface area (Å²) in [5.41, 5.74) is 4.46. The third-order valence-electron chi connectivity index (χ3n) is 2.58. The largest absolute Gasteiger partial charge is 2.00 e. The smallest absolute Gasteiger partial charge is 1.00 e. The Morgan fingerprint density at radius 3 is 2.11 bits per heavy atom. The summed E-state index contributed by atoms with van der Waals surface area (Å²) in [5, 5.41) is 8.97. The third kappa shape index (κ3) is 4.74. The van der Waals surface area contributed by atoms with Crippen LogP contribution < -0.4 is 34.0 Å². The molecule has 1 aromatic heterocycles. The van der Waals surface area contributed by atoms with Gasteiger partial charge in [0.25, 0.3) is 0 Å². The number of halogens is 2. The molecule has 1 radical (unpaired) electrons. The molecule has 19 heavy (non-hydrogen) atoms. The molecule has 2 aromatic rings. The molecule has 0 unspecified atom stereocenters. The molecule has 5 heteroatoms. The van der Waals surface area contributed by atoms with Crippen LogP contribution in [0.5, 0.6) is 0 Å². The number of rotatable bonds is 1. The van der Waals surface area contributed by atoms with Gasteiger partial charge in [-0.1, -0.05) is 30.3 Å². The van der Waals surface area contributed by atoms with E-state index in [1.54, 1.807) is 0 Å². The first-order chi connectivity index (χ1) is 7.72. The van der Waals surface area contributed by atoms with Gasteiger partial charge in [0.2, 0.25) is 0 Å². The van der Waals surface area contributed by atoms with Gasteiger partial charge in [0, 0.05) is 5.56 Å². The van der Waals surface area contributed by atoms with Crippen molar-refractivity contribution in [1.82, 2.24) is 4.98 Å². The molecule has 0 atom stereocenters. The quantitative estimate of drug-likeness (QED) is 0.459. The first kappa shape index (κ1) is 20.7. The third-order valence-corrected chi connectivity index (χ3v) is 2.58. The van der Waals surface area contributed by atoms with Gasteiger partial charge >= 0.3 is 17.1 Å². The first-order valence-electron chi connectivity index (χ1n) is 5.16. The van der Waals surface area contributed by atoms with Crippen molar-refractivity contribution in [1.29, 1.82) is 5.26 Å². The van der Waals surface area contributed by atoms with Crippen molar-refractivity contribution in [2.24, 2.45) is 0 Å². The fourth-order valence-corrected chi connectivity index (χ4v) is 1.76. The second-order valence-electron chi connectivity index (χ2n) is 3.76. The molecule has 0 aliphatic rings. The van der Waals surface area contributed by atoms with Gasteiger partial charge in [0.1, 0.15) is 6.07 Å². The van der Waals surface area contributed by atoms with E-state index in [-0.39, 0.29) is 51.0 Å². The molecule has 0 saturated carbocycles. The van der Waals surface area contributed by atoms with Crippen molar-refractivity contribution in [3.63, 3.8) is 0 Å². The molecule has 0 spiro atoms. The average molecular weight is 432 g/mol. The molecule has 0 bridgehead atoms. The fourth-order valence-electron chi connectivity index (χ4n) is 1.76. The van der Waals surface area contributed by atoms with Gasteiger partial charge in [-0.25, -0.2) is 0 Å². The Kier molecular flexibility index (Phi) is 10.1. The number of hydrogen-bond acceptors (Lipinski definition) is 2. The van der Waals surface area contributed by atoms with E-state index >= 15 is 0 Å². The zero-order valence-corrected chi connectivity index (χ0v) is 14.5. The molecule has 0 amide bonds. The summed E-state index contributed by atoms with van der Waals surface area (Å²) in [6.45, 7) is 3.82. The van der Waals surface area contributed by atoms with Crippen LogP contribution in [-0.4, -0.2) is 4.98 Å². The second-order valence-corrected chi connectivity index (χ2v) is 3.76. The maximum Gasteiger partial charge on any atom is 2.00 e. The van der Waals surface area contributed by atoms with Gasteiger partial charge in [0.05, 0.1) is 17.0 Å². The maximum atomic E-state index is 8.97. The van der Waals surface area contributed by atoms with Gasteiger partial charge in [0.15, 0.2) is 0 Å². The van der Waals surface area contributed by atoms with E-state index in [9.17, 15) is 0 Å². The van der Waals surface area contributed by atoms with Crippen LogP contribution in [0.15, 0.2) is 36.4 Å². The van der Waals surface area contributed by atoms with Crippen molar-refractivity contribution in [2.45, 2.75) is 13.8 Å². The monoisotopic (exact) mass is 429 g/mol. The van der Waals surface area contributed by atoms with Crippen LogP contribution in [0, 0.1) is 25.2 Å². The Hall–Kier alpha value is -0.661. The minimum atomic E-state index is 0. The molecule has 1 heterocycles. The van der Waals surface area contributed by atoms with Crippen molar-refractivity contribution < 1.29 is 51.0 Å². The Morgan fingerprint density at radius 1 is 1.05 bits per heavy atom. The molecule has 0 N–H and O–H groups in total. The molecule has 0 aliphatic heterocycles. The van der Waals surface area contributed by atoms with Gasteiger partial charge in [-0.15, -0.1) is 0 Å². The van der Waals surface area contributed by atoms with Gasteiger partial charge in [-0.05, 0) is 25.5 Å². The Balaban J connectivity index is 0. The van der Waals surface area contributed by atoms with E-state index in [0.717, 1.165) is 22.5 Å². The summed E-state index contributed by atoms with van der Waals surface area (Å²) in [5.74, 6) is 0. The van der Waals surface area contributed by atoms with Crippen LogP contribution in [0.3, 0.4) is 0 Å². The molecule has 103 valence electrons. The van der Waals surface area contributed by atoms with Crippen molar-refractivity contribution >= 4 is 0 Å². The molecule has 2 nitrogen and oxygen atoms in total. The number of nitrogens with zero attached hydrogens (tertiary/aromatic N) is 2. The van der Waals surface area contributed by atoms with Gasteiger partial charge < -0.3 is 34.0 Å². The van der Waals surface area contributed by atoms with Gasteiger partial charge in [-0.2, -0.15) is 5.26 Å². The summed E-state index contributed by atoms with van der Waals surface area (Å²) in [4.78, 5) is 4.45. The summed E-state index contributed by atoms with van der Waals surface area (Å²) in [6.07, 6.45) is 0. The first-order valence-corrected chi connectivity index (χ1v) is 5.16. The van der Waals surface area contributed by atoms with E-state index < -0.39 is 0 Å². The standard InChI is InChI=1S/C14H12N2.2BrH.Cu/c1-10-8-14(12-6-4-3-5-7-12)16-11(2)13(10)9-15;;;/h3-8H,1-2H3;2*1H;/q;;;+2/p-2. The van der Waals surface area contributed by atoms with Crippen molar-refractivity contribution in [3.8, 4) is 17.3 Å². The van der Waals surface area contributed by atoms with Crippen LogP contribution in [0.4, 0.5) is 0 Å². The number of hydrogen-bond donors (Lipinski definition) is 0. The molecular formula is C14H12Br2CuN2. The SMILES string of the molecule is Cc1cc(-c2ccccc2)nc(C)c1C#N.[Br-].[Br-].[Cu+2]. The van der Waals surface area contributed by atoms with Crippen LogP contribution in [-0.2, 0) is 17.1 Å². The number of benzene rings is 1. The van der Waals surface area contributed by atoms with Crippen molar-refractivity contribution in [3.05, 3.63) is 53.2 Å². The Morgan fingerprint density at radius 2 is 1.63 bits per heavy atom. The minimum Gasteiger partial charge on any atom is -1.00 e. The fraction of sp³-hybridized carbons (Fsp3) is 0.143. The molecular weight excluding hydrogens is 420 g/mol. The topological polar surface area (TPSA) is 36.7 Å². The molecule has 1 aromatic carbocycles. The summed E-state index contributed by atoms with van der Waals surface area (Å²) >= 11 is 0. The average Bonchev–Trinajstić information content (AvgIpc) is 2.30. The minimum absolute atomic E-state index is 0. The Labute approximate surface area is 145 Å². The van der Waals surface area contributed by atoms with Gasteiger partial charge in [-0.3, -0.25) is 4.98 Å². The molecule has 0 fully saturated rings. The number of aromatic nitrogens is 1. The normalized spacial score (nSPS) is 8.26. The molecule has 0 saturated heterocycles. The predicted octanol–water partition coefficient (Wildman–Crippen LogP) is -2.76. The van der Waals surface area contributed by atoms with Crippen LogP contribution in [0.1, 0.15) is 16.8 Å². The number of pyridine rings is 1. The van der Waals surface area contributed by atoms with E-state index in [4.69, 9.17) is 5.26 Å². The van der Waals surface area contributed by atoms with Crippen LogP contribution in [0.2, 0.25) is 0 Å². The van der Waals surface area contributed by atoms with Crippen LogP contribution in [0.25, 0.3) is 11.3 Å². The molecule has 0 aliphatic carbocycles. The van der Waals surface area contributed by atoms with E-state index in [1.807, 2.05) is 50.2 Å². The Bertz CT molecular complexity index is 542. The van der Waals surface area contributed by atoms with Crippen LogP contribution >= 0.6 is 0 Å². The summed E-state index contributed by atoms with van der Waals surface area (Å²) < 4.78 is 0. The number of aryl methyl sites for hydroxylation is 2.